The van der Waals surface area contributed by atoms with Crippen molar-refractivity contribution in [1.29, 1.82) is 0 Å². The second-order valence-electron chi connectivity index (χ2n) is 6.94. The van der Waals surface area contributed by atoms with Crippen LogP contribution >= 0.6 is 11.8 Å². The van der Waals surface area contributed by atoms with E-state index in [-0.39, 0.29) is 23.6 Å². The molecule has 0 spiro atoms. The number of hydrogen-bond donors (Lipinski definition) is 1. The van der Waals surface area contributed by atoms with Crippen molar-refractivity contribution in [2.24, 2.45) is 0 Å². The summed E-state index contributed by atoms with van der Waals surface area (Å²) in [5.74, 6) is 1.68. The minimum Gasteiger partial charge on any atom is -0.464 e. The van der Waals surface area contributed by atoms with Crippen LogP contribution in [0.25, 0.3) is 11.3 Å². The van der Waals surface area contributed by atoms with Gasteiger partial charge in [0.25, 0.3) is 0 Å². The predicted molar refractivity (Wildman–Crippen MR) is 100 cm³/mol. The van der Waals surface area contributed by atoms with Crippen LogP contribution in [-0.2, 0) is 4.79 Å². The minimum atomic E-state index is -0.282. The summed E-state index contributed by atoms with van der Waals surface area (Å²) in [6.07, 6.45) is 5.66. The third-order valence-electron chi connectivity index (χ3n) is 5.36. The Labute approximate surface area is 155 Å². The number of allylic oxidation sites excluding steroid dienone is 3. The molecule has 2 aromatic rings. The molecule has 0 bridgehead atoms. The molecule has 0 amide bonds. The summed E-state index contributed by atoms with van der Waals surface area (Å²) >= 11 is 1.87. The van der Waals surface area contributed by atoms with E-state index >= 15 is 0 Å². The van der Waals surface area contributed by atoms with Crippen molar-refractivity contribution in [3.8, 4) is 11.3 Å². The number of fused-ring (bicyclic) bond motifs is 1. The van der Waals surface area contributed by atoms with E-state index in [2.05, 4.69) is 11.4 Å². The van der Waals surface area contributed by atoms with Crippen LogP contribution in [0.15, 0.2) is 63.3 Å². The summed E-state index contributed by atoms with van der Waals surface area (Å²) < 4.78 is 19.8. The number of benzene rings is 1. The number of ketones is 1. The zero-order valence-corrected chi connectivity index (χ0v) is 14.9. The Hall–Kier alpha value is -2.27. The normalized spacial score (nSPS) is 24.8. The van der Waals surface area contributed by atoms with Gasteiger partial charge in [0.2, 0.25) is 0 Å². The molecule has 1 aromatic carbocycles. The SMILES string of the molecule is O=C1CC=C2C(C1)NC1=C(SCC1)C2c1ccc(F)c(-c2ccco2)c1. The molecule has 2 atom stereocenters. The molecule has 1 aromatic heterocycles. The van der Waals surface area contributed by atoms with Gasteiger partial charge in [0, 0.05) is 35.1 Å². The summed E-state index contributed by atoms with van der Waals surface area (Å²) in [4.78, 5) is 13.3. The van der Waals surface area contributed by atoms with Gasteiger partial charge in [0.15, 0.2) is 0 Å². The lowest BCUT2D eigenvalue weighted by Gasteiger charge is -2.37. The van der Waals surface area contributed by atoms with Crippen molar-refractivity contribution in [1.82, 2.24) is 5.32 Å². The lowest BCUT2D eigenvalue weighted by molar-refractivity contribution is -0.118. The number of hydrogen-bond acceptors (Lipinski definition) is 4. The van der Waals surface area contributed by atoms with E-state index in [1.807, 2.05) is 23.9 Å². The molecule has 5 heteroatoms. The smallest absolute Gasteiger partial charge is 0.139 e. The van der Waals surface area contributed by atoms with E-state index in [0.29, 0.717) is 24.2 Å². The van der Waals surface area contributed by atoms with Crippen molar-refractivity contribution in [3.05, 3.63) is 70.2 Å². The summed E-state index contributed by atoms with van der Waals surface area (Å²) in [6.45, 7) is 0. The van der Waals surface area contributed by atoms with Crippen LogP contribution in [0.2, 0.25) is 0 Å². The van der Waals surface area contributed by atoms with Crippen LogP contribution in [0.1, 0.15) is 30.7 Å². The minimum absolute atomic E-state index is 0.0656. The van der Waals surface area contributed by atoms with Gasteiger partial charge in [0.1, 0.15) is 17.4 Å². The van der Waals surface area contributed by atoms with Gasteiger partial charge in [-0.15, -0.1) is 11.8 Å². The fourth-order valence-corrected chi connectivity index (χ4v) is 5.48. The first-order valence-corrected chi connectivity index (χ1v) is 9.86. The zero-order chi connectivity index (χ0) is 17.7. The second kappa shape index (κ2) is 6.16. The molecular weight excluding hydrogens is 349 g/mol. The van der Waals surface area contributed by atoms with Gasteiger partial charge < -0.3 is 9.73 Å². The van der Waals surface area contributed by atoms with Crippen molar-refractivity contribution in [3.63, 3.8) is 0 Å². The van der Waals surface area contributed by atoms with Crippen LogP contribution in [-0.4, -0.2) is 17.6 Å². The van der Waals surface area contributed by atoms with Crippen LogP contribution in [0.5, 0.6) is 0 Å². The quantitative estimate of drug-likeness (QED) is 0.776. The first-order valence-electron chi connectivity index (χ1n) is 8.88. The summed E-state index contributed by atoms with van der Waals surface area (Å²) in [6, 6.07) is 8.91. The Balaban J connectivity index is 1.64. The van der Waals surface area contributed by atoms with Gasteiger partial charge >= 0.3 is 0 Å². The molecule has 0 saturated heterocycles. The number of carbonyl (C=O) groups excluding carboxylic acids is 1. The molecule has 3 heterocycles. The van der Waals surface area contributed by atoms with E-state index < -0.39 is 0 Å². The van der Waals surface area contributed by atoms with Crippen molar-refractivity contribution in [2.45, 2.75) is 31.2 Å². The topological polar surface area (TPSA) is 42.2 Å². The monoisotopic (exact) mass is 367 g/mol. The zero-order valence-electron chi connectivity index (χ0n) is 14.1. The largest absolute Gasteiger partial charge is 0.464 e. The standard InChI is InChI=1S/C21H18FNO2S/c22-16-6-3-12(10-15(16)19-2-1-8-25-19)20-14-5-4-13(24)11-18(14)23-17-7-9-26-21(17)20/h1-3,5-6,8,10,18,20,23H,4,7,9,11H2. The van der Waals surface area contributed by atoms with E-state index in [9.17, 15) is 9.18 Å². The number of nitrogens with one attached hydrogen (secondary N) is 1. The second-order valence-corrected chi connectivity index (χ2v) is 8.08. The number of carbonyl (C=O) groups is 1. The Kier molecular flexibility index (Phi) is 3.78. The highest BCUT2D eigenvalue weighted by molar-refractivity contribution is 8.03. The lowest BCUT2D eigenvalue weighted by atomic mass is 9.77. The summed E-state index contributed by atoms with van der Waals surface area (Å²) in [5, 5.41) is 3.58. The fraction of sp³-hybridized carbons (Fsp3) is 0.286. The predicted octanol–water partition coefficient (Wildman–Crippen LogP) is 4.78. The number of furan rings is 1. The van der Waals surface area contributed by atoms with Crippen molar-refractivity contribution >= 4 is 17.5 Å². The average molecular weight is 367 g/mol. The highest BCUT2D eigenvalue weighted by Gasteiger charge is 2.39. The molecule has 3 nitrogen and oxygen atoms in total. The Morgan fingerprint density at radius 2 is 2.19 bits per heavy atom. The van der Waals surface area contributed by atoms with Gasteiger partial charge in [-0.2, -0.15) is 0 Å². The molecule has 0 saturated carbocycles. The van der Waals surface area contributed by atoms with Crippen LogP contribution in [0.3, 0.4) is 0 Å². The lowest BCUT2D eigenvalue weighted by Crippen LogP contribution is -2.40. The summed E-state index contributed by atoms with van der Waals surface area (Å²) in [7, 11) is 0. The van der Waals surface area contributed by atoms with Crippen LogP contribution < -0.4 is 5.32 Å². The number of thioether (sulfide) groups is 1. The molecule has 3 aliphatic rings. The third-order valence-corrected chi connectivity index (χ3v) is 6.56. The molecule has 1 N–H and O–H groups in total. The molecular formula is C21H18FNO2S. The Morgan fingerprint density at radius 3 is 3.04 bits per heavy atom. The van der Waals surface area contributed by atoms with Gasteiger partial charge in [0.05, 0.1) is 17.9 Å². The highest BCUT2D eigenvalue weighted by Crippen LogP contribution is 2.50. The number of halogens is 1. The first kappa shape index (κ1) is 15.9. The molecule has 2 aliphatic heterocycles. The fourth-order valence-electron chi connectivity index (χ4n) is 4.18. The van der Waals surface area contributed by atoms with Gasteiger partial charge in [-0.1, -0.05) is 12.1 Å². The molecule has 0 radical (unpaired) electrons. The number of Topliss-reactive ketones (excluding diaryl/α,β-unsaturated/α-hetero) is 1. The van der Waals surface area contributed by atoms with Gasteiger partial charge in [-0.3, -0.25) is 4.79 Å². The maximum Gasteiger partial charge on any atom is 0.139 e. The molecule has 0 fully saturated rings. The number of rotatable bonds is 2. The Morgan fingerprint density at radius 1 is 1.27 bits per heavy atom. The van der Waals surface area contributed by atoms with Crippen LogP contribution in [0, 0.1) is 5.82 Å². The first-order chi connectivity index (χ1) is 12.7. The molecule has 132 valence electrons. The summed E-state index contributed by atoms with van der Waals surface area (Å²) in [5.41, 5.74) is 4.04. The maximum atomic E-state index is 14.4. The van der Waals surface area contributed by atoms with Crippen molar-refractivity contribution < 1.29 is 13.6 Å². The molecule has 5 rings (SSSR count). The van der Waals surface area contributed by atoms with Gasteiger partial charge in [-0.05, 0) is 41.8 Å². The maximum absolute atomic E-state index is 14.4. The Bertz CT molecular complexity index is 945. The van der Waals surface area contributed by atoms with Gasteiger partial charge in [-0.25, -0.2) is 4.39 Å². The van der Waals surface area contributed by atoms with E-state index in [1.54, 1.807) is 18.4 Å². The van der Waals surface area contributed by atoms with E-state index in [4.69, 9.17) is 4.42 Å². The van der Waals surface area contributed by atoms with E-state index in [1.165, 1.54) is 22.2 Å². The van der Waals surface area contributed by atoms with E-state index in [0.717, 1.165) is 17.7 Å². The van der Waals surface area contributed by atoms with Crippen LogP contribution in [0.4, 0.5) is 4.39 Å². The third kappa shape index (κ3) is 2.53. The molecule has 2 unspecified atom stereocenters. The average Bonchev–Trinajstić information content (AvgIpc) is 3.31. The highest BCUT2D eigenvalue weighted by atomic mass is 32.2. The molecule has 1 aliphatic carbocycles. The van der Waals surface area contributed by atoms with Crippen molar-refractivity contribution in [2.75, 3.05) is 5.75 Å². The molecule has 26 heavy (non-hydrogen) atoms.